The van der Waals surface area contributed by atoms with Crippen molar-refractivity contribution in [1.29, 1.82) is 5.26 Å². The molecule has 7 nitrogen and oxygen atoms in total. The molecule has 1 aromatic carbocycles. The second-order valence-corrected chi connectivity index (χ2v) is 6.44. The van der Waals surface area contributed by atoms with E-state index in [4.69, 9.17) is 0 Å². The number of nitrogens with zero attached hydrogens (tertiary/aromatic N) is 6. The molecule has 0 amide bonds. The van der Waals surface area contributed by atoms with Crippen LogP contribution in [0.1, 0.15) is 29.1 Å². The Morgan fingerprint density at radius 1 is 1.36 bits per heavy atom. The second-order valence-electron chi connectivity index (χ2n) is 5.55. The van der Waals surface area contributed by atoms with Crippen molar-refractivity contribution < 1.29 is 4.79 Å². The number of aryl methyl sites for hydroxylation is 2. The molecule has 0 spiro atoms. The molecule has 0 radical (unpaired) electrons. The molecule has 0 unspecified atom stereocenters. The summed E-state index contributed by atoms with van der Waals surface area (Å²) in [6.07, 6.45) is 0.959. The average Bonchev–Trinajstić information content (AvgIpc) is 3.25. The summed E-state index contributed by atoms with van der Waals surface area (Å²) in [5.74, 6) is -0.756. The Morgan fingerprint density at radius 3 is 2.72 bits per heavy atom. The summed E-state index contributed by atoms with van der Waals surface area (Å²) in [6.45, 7) is 3.80. The Labute approximate surface area is 148 Å². The van der Waals surface area contributed by atoms with Gasteiger partial charge in [0, 0.05) is 16.6 Å². The predicted octanol–water partition coefficient (Wildman–Crippen LogP) is 2.54. The topological polar surface area (TPSA) is 97.3 Å². The van der Waals surface area contributed by atoms with Crippen molar-refractivity contribution in [3.63, 3.8) is 0 Å². The summed E-state index contributed by atoms with van der Waals surface area (Å²) in [5.41, 5.74) is 2.86. The molecule has 126 valence electrons. The lowest BCUT2D eigenvalue weighted by Gasteiger charge is -2.03. The fraction of sp³-hybridized carbons (Fsp3) is 0.294. The molecule has 3 aromatic rings. The number of carbonyl (C=O) groups excluding carboxylic acids is 1. The number of aromatic nitrogens is 5. The first-order chi connectivity index (χ1) is 12.1. The third kappa shape index (κ3) is 3.78. The van der Waals surface area contributed by atoms with Crippen molar-refractivity contribution in [2.75, 3.05) is 0 Å². The largest absolute Gasteiger partial charge is 0.296 e. The van der Waals surface area contributed by atoms with Gasteiger partial charge in [-0.3, -0.25) is 4.79 Å². The van der Waals surface area contributed by atoms with Crippen LogP contribution in [0.5, 0.6) is 0 Å². The van der Waals surface area contributed by atoms with Crippen molar-refractivity contribution in [2.45, 2.75) is 32.7 Å². The Balaban J connectivity index is 1.74. The summed E-state index contributed by atoms with van der Waals surface area (Å²) in [4.78, 5) is 17.8. The van der Waals surface area contributed by atoms with Crippen LogP contribution in [-0.2, 0) is 17.8 Å². The van der Waals surface area contributed by atoms with Gasteiger partial charge < -0.3 is 0 Å². The van der Waals surface area contributed by atoms with E-state index in [1.54, 1.807) is 0 Å². The van der Waals surface area contributed by atoms with Gasteiger partial charge in [-0.2, -0.15) is 10.1 Å². The number of ketones is 1. The van der Waals surface area contributed by atoms with E-state index in [1.165, 1.54) is 21.7 Å². The van der Waals surface area contributed by atoms with Gasteiger partial charge in [0.1, 0.15) is 11.6 Å². The van der Waals surface area contributed by atoms with Crippen LogP contribution in [-0.4, -0.2) is 31.0 Å². The van der Waals surface area contributed by atoms with E-state index in [1.807, 2.05) is 42.6 Å². The Bertz CT molecular complexity index is 921. The number of Topliss-reactive ketones (excluding diaryl/α,β-unsaturated/α-hetero) is 1. The highest BCUT2D eigenvalue weighted by Crippen LogP contribution is 2.21. The lowest BCUT2D eigenvalue weighted by atomic mass is 10.1. The molecular formula is C17H16N6OS. The monoisotopic (exact) mass is 352 g/mol. The molecule has 0 aliphatic rings. The second kappa shape index (κ2) is 7.32. The minimum atomic E-state index is -0.906. The predicted molar refractivity (Wildman–Crippen MR) is 92.8 cm³/mol. The number of rotatable bonds is 6. The van der Waals surface area contributed by atoms with Gasteiger partial charge in [-0.1, -0.05) is 31.2 Å². The zero-order chi connectivity index (χ0) is 17.8. The van der Waals surface area contributed by atoms with Crippen molar-refractivity contribution in [3.05, 3.63) is 45.9 Å². The van der Waals surface area contributed by atoms with Gasteiger partial charge in [0.2, 0.25) is 5.82 Å². The van der Waals surface area contributed by atoms with Crippen LogP contribution < -0.4 is 0 Å². The smallest absolute Gasteiger partial charge is 0.204 e. The molecule has 0 saturated heterocycles. The van der Waals surface area contributed by atoms with E-state index >= 15 is 0 Å². The third-order valence-electron chi connectivity index (χ3n) is 3.71. The quantitative estimate of drug-likeness (QED) is 0.676. The number of nitriles is 1. The molecule has 0 aliphatic carbocycles. The SMILES string of the molecule is CCc1ccc(-c2nnn(CC(=O)[C@@H](C#N)c3nc(C)cs3)n2)cc1. The minimum absolute atomic E-state index is 0.114. The first kappa shape index (κ1) is 16.9. The number of carbonyl (C=O) groups is 1. The summed E-state index contributed by atoms with van der Waals surface area (Å²) in [5, 5.41) is 23.8. The van der Waals surface area contributed by atoms with Crippen molar-refractivity contribution in [2.24, 2.45) is 0 Å². The van der Waals surface area contributed by atoms with Crippen LogP contribution in [0.4, 0.5) is 0 Å². The highest BCUT2D eigenvalue weighted by Gasteiger charge is 2.24. The molecule has 3 rings (SSSR count). The first-order valence-corrected chi connectivity index (χ1v) is 8.70. The Kier molecular flexibility index (Phi) is 4.95. The van der Waals surface area contributed by atoms with Gasteiger partial charge in [0.15, 0.2) is 11.7 Å². The van der Waals surface area contributed by atoms with E-state index in [0.717, 1.165) is 17.7 Å². The number of tetrazole rings is 1. The maximum absolute atomic E-state index is 12.4. The zero-order valence-electron chi connectivity index (χ0n) is 13.9. The molecule has 0 aliphatic heterocycles. The van der Waals surface area contributed by atoms with Crippen molar-refractivity contribution in [3.8, 4) is 17.5 Å². The van der Waals surface area contributed by atoms with Gasteiger partial charge in [0.25, 0.3) is 0 Å². The normalized spacial score (nSPS) is 11.9. The van der Waals surface area contributed by atoms with E-state index < -0.39 is 5.92 Å². The van der Waals surface area contributed by atoms with Crippen LogP contribution in [0.2, 0.25) is 0 Å². The highest BCUT2D eigenvalue weighted by molar-refractivity contribution is 7.09. The summed E-state index contributed by atoms with van der Waals surface area (Å²) < 4.78 is 0. The van der Waals surface area contributed by atoms with Gasteiger partial charge in [-0.05, 0) is 24.1 Å². The molecule has 8 heteroatoms. The Morgan fingerprint density at radius 2 is 2.12 bits per heavy atom. The fourth-order valence-electron chi connectivity index (χ4n) is 2.32. The maximum atomic E-state index is 12.4. The van der Waals surface area contributed by atoms with E-state index in [-0.39, 0.29) is 12.3 Å². The van der Waals surface area contributed by atoms with E-state index in [2.05, 4.69) is 27.3 Å². The number of thiazole rings is 1. The Hall–Kier alpha value is -2.92. The van der Waals surface area contributed by atoms with E-state index in [0.29, 0.717) is 10.8 Å². The summed E-state index contributed by atoms with van der Waals surface area (Å²) in [6, 6.07) is 9.89. The number of benzene rings is 1. The molecule has 2 aromatic heterocycles. The lowest BCUT2D eigenvalue weighted by Crippen LogP contribution is -2.19. The lowest BCUT2D eigenvalue weighted by molar-refractivity contribution is -0.120. The van der Waals surface area contributed by atoms with Gasteiger partial charge >= 0.3 is 0 Å². The number of hydrogen-bond acceptors (Lipinski definition) is 7. The minimum Gasteiger partial charge on any atom is -0.296 e. The van der Waals surface area contributed by atoms with Gasteiger partial charge in [0.05, 0.1) is 6.07 Å². The van der Waals surface area contributed by atoms with Crippen molar-refractivity contribution >= 4 is 17.1 Å². The average molecular weight is 352 g/mol. The summed E-state index contributed by atoms with van der Waals surface area (Å²) >= 11 is 1.31. The molecule has 0 saturated carbocycles. The fourth-order valence-corrected chi connectivity index (χ4v) is 3.18. The van der Waals surface area contributed by atoms with Gasteiger partial charge in [-0.25, -0.2) is 4.98 Å². The van der Waals surface area contributed by atoms with Crippen LogP contribution in [0, 0.1) is 18.3 Å². The zero-order valence-corrected chi connectivity index (χ0v) is 14.7. The highest BCUT2D eigenvalue weighted by atomic mass is 32.1. The third-order valence-corrected chi connectivity index (χ3v) is 4.73. The van der Waals surface area contributed by atoms with Crippen LogP contribution in [0.3, 0.4) is 0 Å². The summed E-state index contributed by atoms with van der Waals surface area (Å²) in [7, 11) is 0. The maximum Gasteiger partial charge on any atom is 0.204 e. The molecular weight excluding hydrogens is 336 g/mol. The van der Waals surface area contributed by atoms with Gasteiger partial charge in [-0.15, -0.1) is 21.5 Å². The van der Waals surface area contributed by atoms with Crippen LogP contribution in [0.15, 0.2) is 29.6 Å². The van der Waals surface area contributed by atoms with Crippen molar-refractivity contribution in [1.82, 2.24) is 25.2 Å². The van der Waals surface area contributed by atoms with Crippen LogP contribution >= 0.6 is 11.3 Å². The molecule has 0 fully saturated rings. The molecule has 2 heterocycles. The van der Waals surface area contributed by atoms with Crippen LogP contribution in [0.25, 0.3) is 11.4 Å². The molecule has 25 heavy (non-hydrogen) atoms. The molecule has 0 N–H and O–H groups in total. The molecule has 0 bridgehead atoms. The standard InChI is InChI=1S/C17H16N6OS/c1-3-12-4-6-13(7-5-12)16-20-22-23(21-16)9-15(24)14(8-18)17-19-11(2)10-25-17/h4-7,10,14H,3,9H2,1-2H3/t14-/m1/s1. The van der Waals surface area contributed by atoms with E-state index in [9.17, 15) is 10.1 Å². The number of hydrogen-bond donors (Lipinski definition) is 0. The molecule has 1 atom stereocenters. The first-order valence-electron chi connectivity index (χ1n) is 7.82.